The third-order valence-corrected chi connectivity index (χ3v) is 9.04. The first-order valence-electron chi connectivity index (χ1n) is 10.2. The van der Waals surface area contributed by atoms with Gasteiger partial charge in [0.1, 0.15) is 5.78 Å². The summed E-state index contributed by atoms with van der Waals surface area (Å²) < 4.78 is 0. The van der Waals surface area contributed by atoms with Gasteiger partial charge >= 0.3 is 0 Å². The highest BCUT2D eigenvalue weighted by atomic mass is 16.3. The van der Waals surface area contributed by atoms with Crippen LogP contribution in [0, 0.1) is 40.4 Å². The molecule has 4 rings (SSSR count). The zero-order valence-electron chi connectivity index (χ0n) is 15.5. The van der Waals surface area contributed by atoms with Gasteiger partial charge < -0.3 is 10.2 Å². The monoisotopic (exact) mass is 334 g/mol. The number of carbonyl (C=O) groups excluding carboxylic acids is 1. The van der Waals surface area contributed by atoms with E-state index in [0.29, 0.717) is 41.3 Å². The molecule has 4 aliphatic carbocycles. The van der Waals surface area contributed by atoms with Gasteiger partial charge in [0.15, 0.2) is 0 Å². The van der Waals surface area contributed by atoms with Gasteiger partial charge in [-0.3, -0.25) is 4.79 Å². The van der Waals surface area contributed by atoms with Gasteiger partial charge in [0.25, 0.3) is 0 Å². The van der Waals surface area contributed by atoms with Gasteiger partial charge in [-0.15, -0.1) is 0 Å². The van der Waals surface area contributed by atoms with Gasteiger partial charge in [-0.1, -0.05) is 13.8 Å². The molecule has 3 heteroatoms. The van der Waals surface area contributed by atoms with E-state index in [2.05, 4.69) is 13.8 Å². The third-order valence-electron chi connectivity index (χ3n) is 9.04. The molecule has 0 heterocycles. The summed E-state index contributed by atoms with van der Waals surface area (Å²) in [7, 11) is 0. The molecule has 0 aliphatic heterocycles. The van der Waals surface area contributed by atoms with Crippen LogP contribution in [0.15, 0.2) is 0 Å². The highest BCUT2D eigenvalue weighted by molar-refractivity contribution is 5.85. The summed E-state index contributed by atoms with van der Waals surface area (Å²) >= 11 is 0. The average Bonchev–Trinajstić information content (AvgIpc) is 2.78. The van der Waals surface area contributed by atoms with Crippen molar-refractivity contribution in [2.24, 2.45) is 40.4 Å². The van der Waals surface area contributed by atoms with Crippen molar-refractivity contribution in [1.82, 2.24) is 0 Å². The lowest BCUT2D eigenvalue weighted by Crippen LogP contribution is -2.54. The van der Waals surface area contributed by atoms with Gasteiger partial charge in [-0.25, -0.2) is 0 Å². The SMILES string of the molecule is C[C@@H](O)[C@H]1C(=O)C[C@H]2[C@@H]3CC[C@H]4C[C@H](O)CC[C@]4(C)[C@@H]3CC[C@]12C. The zero-order valence-corrected chi connectivity index (χ0v) is 15.5. The molecule has 136 valence electrons. The molecule has 0 radical (unpaired) electrons. The Kier molecular flexibility index (Phi) is 3.93. The maximum Gasteiger partial charge on any atom is 0.139 e. The number of hydrogen-bond acceptors (Lipinski definition) is 3. The van der Waals surface area contributed by atoms with Crippen molar-refractivity contribution in [3.05, 3.63) is 0 Å². The number of fused-ring (bicyclic) bond motifs is 5. The summed E-state index contributed by atoms with van der Waals surface area (Å²) in [6.07, 6.45) is 7.90. The fourth-order valence-electron chi connectivity index (χ4n) is 7.89. The summed E-state index contributed by atoms with van der Waals surface area (Å²) in [5.41, 5.74) is 0.360. The van der Waals surface area contributed by atoms with Gasteiger partial charge in [0.05, 0.1) is 12.2 Å². The number of aliphatic hydroxyl groups excluding tert-OH is 2. The molecular formula is C21H34O3. The normalized spacial score (nSPS) is 55.5. The fraction of sp³-hybridized carbons (Fsp3) is 0.952. The van der Waals surface area contributed by atoms with Gasteiger partial charge in [0.2, 0.25) is 0 Å². The summed E-state index contributed by atoms with van der Waals surface area (Å²) in [4.78, 5) is 12.7. The lowest BCUT2D eigenvalue weighted by molar-refractivity contribution is -0.136. The standard InChI is InChI=1S/C21H34O3/c1-12(22)19-18(24)11-17-15-5-4-13-10-14(23)6-8-20(13,2)16(15)7-9-21(17,19)3/h12-17,19,22-23H,4-11H2,1-3H3/t12-,13+,14-,15-,16-,17+,19+,20+,21+/m1/s1. The number of Topliss-reactive ketones (excluding diaryl/α,β-unsaturated/α-hetero) is 1. The molecule has 0 aromatic carbocycles. The van der Waals surface area contributed by atoms with Crippen LogP contribution in [0.25, 0.3) is 0 Å². The van der Waals surface area contributed by atoms with Crippen LogP contribution in [0.4, 0.5) is 0 Å². The van der Waals surface area contributed by atoms with Crippen LogP contribution in [0.2, 0.25) is 0 Å². The van der Waals surface area contributed by atoms with E-state index in [1.165, 1.54) is 19.3 Å². The van der Waals surface area contributed by atoms with Crippen LogP contribution in [0.1, 0.15) is 72.1 Å². The summed E-state index contributed by atoms with van der Waals surface area (Å²) in [6.45, 7) is 6.57. The van der Waals surface area contributed by atoms with E-state index in [-0.39, 0.29) is 17.4 Å². The van der Waals surface area contributed by atoms with Gasteiger partial charge in [0, 0.05) is 12.3 Å². The molecule has 0 saturated heterocycles. The molecular weight excluding hydrogens is 300 g/mol. The maximum atomic E-state index is 12.7. The second kappa shape index (κ2) is 5.54. The minimum absolute atomic E-state index is 0.00376. The molecule has 0 aromatic heterocycles. The first-order valence-corrected chi connectivity index (χ1v) is 10.2. The van der Waals surface area contributed by atoms with E-state index >= 15 is 0 Å². The number of aliphatic hydroxyl groups is 2. The Bertz CT molecular complexity index is 529. The largest absolute Gasteiger partial charge is 0.393 e. The van der Waals surface area contributed by atoms with Crippen molar-refractivity contribution in [1.29, 1.82) is 0 Å². The van der Waals surface area contributed by atoms with E-state index in [0.717, 1.165) is 25.7 Å². The summed E-state index contributed by atoms with van der Waals surface area (Å²) in [6, 6.07) is 0. The van der Waals surface area contributed by atoms with Crippen molar-refractivity contribution in [3.8, 4) is 0 Å². The molecule has 2 N–H and O–H groups in total. The minimum atomic E-state index is -0.513. The van der Waals surface area contributed by atoms with E-state index in [4.69, 9.17) is 0 Å². The zero-order chi connectivity index (χ0) is 17.3. The highest BCUT2D eigenvalue weighted by Gasteiger charge is 2.62. The predicted octanol–water partition coefficient (Wildman–Crippen LogP) is 3.57. The molecule has 0 spiro atoms. The van der Waals surface area contributed by atoms with Crippen molar-refractivity contribution in [2.75, 3.05) is 0 Å². The van der Waals surface area contributed by atoms with Crippen LogP contribution in [0.3, 0.4) is 0 Å². The Morgan fingerprint density at radius 3 is 2.46 bits per heavy atom. The van der Waals surface area contributed by atoms with Crippen molar-refractivity contribution in [3.63, 3.8) is 0 Å². The Labute approximate surface area is 146 Å². The first kappa shape index (κ1) is 17.0. The molecule has 24 heavy (non-hydrogen) atoms. The quantitative estimate of drug-likeness (QED) is 0.771. The second-order valence-electron chi connectivity index (χ2n) is 10.0. The fourth-order valence-corrected chi connectivity index (χ4v) is 7.89. The van der Waals surface area contributed by atoms with Gasteiger partial charge in [-0.2, -0.15) is 0 Å². The van der Waals surface area contributed by atoms with Crippen LogP contribution < -0.4 is 0 Å². The van der Waals surface area contributed by atoms with E-state index in [1.807, 2.05) is 6.92 Å². The van der Waals surface area contributed by atoms with Gasteiger partial charge in [-0.05, 0) is 86.4 Å². The highest BCUT2D eigenvalue weighted by Crippen LogP contribution is 2.67. The molecule has 3 nitrogen and oxygen atoms in total. The number of ketones is 1. The maximum absolute atomic E-state index is 12.7. The number of hydrogen-bond donors (Lipinski definition) is 2. The molecule has 4 saturated carbocycles. The van der Waals surface area contributed by atoms with Crippen molar-refractivity contribution < 1.29 is 15.0 Å². The van der Waals surface area contributed by atoms with E-state index in [1.54, 1.807) is 0 Å². The molecule has 0 unspecified atom stereocenters. The molecule has 0 aromatic rings. The van der Waals surface area contributed by atoms with Crippen LogP contribution in [-0.4, -0.2) is 28.2 Å². The Balaban J connectivity index is 1.64. The smallest absolute Gasteiger partial charge is 0.139 e. The topological polar surface area (TPSA) is 57.5 Å². The lowest BCUT2D eigenvalue weighted by atomic mass is 9.44. The van der Waals surface area contributed by atoms with Crippen LogP contribution >= 0.6 is 0 Å². The van der Waals surface area contributed by atoms with Crippen molar-refractivity contribution >= 4 is 5.78 Å². The lowest BCUT2D eigenvalue weighted by Gasteiger charge is -2.60. The number of rotatable bonds is 1. The predicted molar refractivity (Wildman–Crippen MR) is 93.3 cm³/mol. The van der Waals surface area contributed by atoms with E-state index in [9.17, 15) is 15.0 Å². The Morgan fingerprint density at radius 1 is 1.04 bits per heavy atom. The molecule has 4 fully saturated rings. The van der Waals surface area contributed by atoms with Crippen molar-refractivity contribution in [2.45, 2.75) is 84.3 Å². The summed E-state index contributed by atoms with van der Waals surface area (Å²) in [5.74, 6) is 2.64. The average molecular weight is 335 g/mol. The Morgan fingerprint density at radius 2 is 1.75 bits per heavy atom. The Hall–Kier alpha value is -0.410. The third kappa shape index (κ3) is 2.19. The molecule has 4 aliphatic rings. The molecule has 0 bridgehead atoms. The van der Waals surface area contributed by atoms with Crippen LogP contribution in [-0.2, 0) is 4.79 Å². The molecule has 9 atom stereocenters. The molecule has 0 amide bonds. The first-order chi connectivity index (χ1) is 11.3. The second-order valence-corrected chi connectivity index (χ2v) is 10.0. The summed E-state index contributed by atoms with van der Waals surface area (Å²) in [5, 5.41) is 20.3. The van der Waals surface area contributed by atoms with E-state index < -0.39 is 6.10 Å². The van der Waals surface area contributed by atoms with Crippen LogP contribution in [0.5, 0.6) is 0 Å². The number of carbonyl (C=O) groups is 1. The minimum Gasteiger partial charge on any atom is -0.393 e.